The van der Waals surface area contributed by atoms with Gasteiger partial charge in [0.2, 0.25) is 5.91 Å². The van der Waals surface area contributed by atoms with Crippen molar-refractivity contribution < 1.29 is 9.18 Å². The summed E-state index contributed by atoms with van der Waals surface area (Å²) >= 11 is 0. The highest BCUT2D eigenvalue weighted by Gasteiger charge is 2.22. The molecule has 0 unspecified atom stereocenters. The zero-order chi connectivity index (χ0) is 11.5. The fourth-order valence-electron chi connectivity index (χ4n) is 1.36. The van der Waals surface area contributed by atoms with Crippen LogP contribution in [0.25, 0.3) is 0 Å². The minimum absolute atomic E-state index is 0.0915. The highest BCUT2D eigenvalue weighted by atomic mass is 19.1. The van der Waals surface area contributed by atoms with E-state index in [4.69, 9.17) is 5.73 Å². The summed E-state index contributed by atoms with van der Waals surface area (Å²) in [6.07, 6.45) is 2.10. The zero-order valence-corrected chi connectivity index (χ0v) is 8.79. The Kier molecular flexibility index (Phi) is 2.94. The first-order valence-corrected chi connectivity index (χ1v) is 5.23. The topological polar surface area (TPSA) is 67.1 Å². The van der Waals surface area contributed by atoms with E-state index in [-0.39, 0.29) is 18.3 Å². The summed E-state index contributed by atoms with van der Waals surface area (Å²) in [5, 5.41) is 5.63. The van der Waals surface area contributed by atoms with Crippen molar-refractivity contribution in [3.8, 4) is 0 Å². The van der Waals surface area contributed by atoms with Gasteiger partial charge >= 0.3 is 0 Å². The highest BCUT2D eigenvalue weighted by molar-refractivity contribution is 5.82. The number of anilines is 2. The molecule has 16 heavy (non-hydrogen) atoms. The molecular formula is C11H14FN3O. The summed E-state index contributed by atoms with van der Waals surface area (Å²) in [5.74, 6) is -0.467. The van der Waals surface area contributed by atoms with E-state index in [1.54, 1.807) is 0 Å². The van der Waals surface area contributed by atoms with Gasteiger partial charge in [0.15, 0.2) is 0 Å². The molecule has 0 aliphatic heterocycles. The Balaban J connectivity index is 1.87. The Labute approximate surface area is 93.0 Å². The van der Waals surface area contributed by atoms with Gasteiger partial charge < -0.3 is 16.4 Å². The Morgan fingerprint density at radius 1 is 1.50 bits per heavy atom. The molecule has 0 saturated heterocycles. The summed E-state index contributed by atoms with van der Waals surface area (Å²) in [6.45, 7) is 0.115. The van der Waals surface area contributed by atoms with E-state index < -0.39 is 0 Å². The summed E-state index contributed by atoms with van der Waals surface area (Å²) in [4.78, 5) is 11.4. The summed E-state index contributed by atoms with van der Waals surface area (Å²) < 4.78 is 12.9. The molecule has 1 aromatic rings. The number of carbonyl (C=O) groups is 1. The molecule has 2 rings (SSSR count). The second kappa shape index (κ2) is 4.38. The second-order valence-corrected chi connectivity index (χ2v) is 3.93. The largest absolute Gasteiger partial charge is 0.397 e. The SMILES string of the molecule is Nc1ccc(F)cc1NCC(=O)NC1CC1. The van der Waals surface area contributed by atoms with Gasteiger partial charge in [0.05, 0.1) is 17.9 Å². The molecular weight excluding hydrogens is 209 g/mol. The van der Waals surface area contributed by atoms with Gasteiger partial charge in [-0.1, -0.05) is 0 Å². The summed E-state index contributed by atoms with van der Waals surface area (Å²) in [5.41, 5.74) is 6.51. The lowest BCUT2D eigenvalue weighted by atomic mass is 10.2. The number of nitrogens with two attached hydrogens (primary N) is 1. The lowest BCUT2D eigenvalue weighted by Gasteiger charge is -2.09. The monoisotopic (exact) mass is 223 g/mol. The molecule has 4 nitrogen and oxygen atoms in total. The number of amides is 1. The number of nitrogens with one attached hydrogen (secondary N) is 2. The first-order chi connectivity index (χ1) is 7.65. The Bertz CT molecular complexity index is 404. The highest BCUT2D eigenvalue weighted by Crippen LogP contribution is 2.20. The lowest BCUT2D eigenvalue weighted by Crippen LogP contribution is -2.31. The quantitative estimate of drug-likeness (QED) is 0.669. The van der Waals surface area contributed by atoms with Gasteiger partial charge in [-0.05, 0) is 31.0 Å². The minimum atomic E-state index is -0.376. The molecule has 1 aliphatic rings. The van der Waals surface area contributed by atoms with Crippen LogP contribution in [0.1, 0.15) is 12.8 Å². The number of nitrogen functional groups attached to an aromatic ring is 1. The van der Waals surface area contributed by atoms with E-state index in [0.717, 1.165) is 12.8 Å². The van der Waals surface area contributed by atoms with Crippen molar-refractivity contribution in [2.24, 2.45) is 0 Å². The van der Waals surface area contributed by atoms with Crippen LogP contribution in [0.2, 0.25) is 0 Å². The Morgan fingerprint density at radius 3 is 2.94 bits per heavy atom. The van der Waals surface area contributed by atoms with E-state index in [1.807, 2.05) is 0 Å². The fourth-order valence-corrected chi connectivity index (χ4v) is 1.36. The maximum absolute atomic E-state index is 12.9. The molecule has 0 aromatic heterocycles. The standard InChI is InChI=1S/C11H14FN3O/c12-7-1-4-9(13)10(5-7)14-6-11(16)15-8-2-3-8/h1,4-5,8,14H,2-3,6,13H2,(H,15,16). The average molecular weight is 223 g/mol. The molecule has 0 bridgehead atoms. The molecule has 5 heteroatoms. The third kappa shape index (κ3) is 2.85. The van der Waals surface area contributed by atoms with E-state index in [1.165, 1.54) is 18.2 Å². The van der Waals surface area contributed by atoms with Crippen LogP contribution in [0.4, 0.5) is 15.8 Å². The number of hydrogen-bond acceptors (Lipinski definition) is 3. The van der Waals surface area contributed by atoms with Crippen LogP contribution in [0.3, 0.4) is 0 Å². The van der Waals surface area contributed by atoms with Crippen LogP contribution in [0.15, 0.2) is 18.2 Å². The number of halogens is 1. The molecule has 1 fully saturated rings. The third-order valence-corrected chi connectivity index (χ3v) is 2.40. The first-order valence-electron chi connectivity index (χ1n) is 5.23. The molecule has 0 radical (unpaired) electrons. The van der Waals surface area contributed by atoms with Crippen LogP contribution in [-0.2, 0) is 4.79 Å². The molecule has 0 spiro atoms. The lowest BCUT2D eigenvalue weighted by molar-refractivity contribution is -0.119. The Morgan fingerprint density at radius 2 is 2.25 bits per heavy atom. The fraction of sp³-hybridized carbons (Fsp3) is 0.364. The van der Waals surface area contributed by atoms with Crippen LogP contribution in [0.5, 0.6) is 0 Å². The maximum Gasteiger partial charge on any atom is 0.239 e. The van der Waals surface area contributed by atoms with E-state index in [2.05, 4.69) is 10.6 Å². The van der Waals surface area contributed by atoms with Gasteiger partial charge in [-0.15, -0.1) is 0 Å². The molecule has 1 aliphatic carbocycles. The summed E-state index contributed by atoms with van der Waals surface area (Å²) in [7, 11) is 0. The molecule has 1 saturated carbocycles. The van der Waals surface area contributed by atoms with Gasteiger partial charge in [0, 0.05) is 6.04 Å². The number of rotatable bonds is 4. The first kappa shape index (κ1) is 10.7. The van der Waals surface area contributed by atoms with Crippen molar-refractivity contribution in [1.82, 2.24) is 5.32 Å². The molecule has 0 heterocycles. The predicted octanol–water partition coefficient (Wildman–Crippen LogP) is 1.10. The number of benzene rings is 1. The zero-order valence-electron chi connectivity index (χ0n) is 8.79. The predicted molar refractivity (Wildman–Crippen MR) is 60.5 cm³/mol. The van der Waals surface area contributed by atoms with Gasteiger partial charge in [-0.25, -0.2) is 4.39 Å². The van der Waals surface area contributed by atoms with E-state index in [9.17, 15) is 9.18 Å². The van der Waals surface area contributed by atoms with Crippen LogP contribution >= 0.6 is 0 Å². The van der Waals surface area contributed by atoms with Crippen molar-refractivity contribution >= 4 is 17.3 Å². The minimum Gasteiger partial charge on any atom is -0.397 e. The van der Waals surface area contributed by atoms with Crippen molar-refractivity contribution in [1.29, 1.82) is 0 Å². The summed E-state index contributed by atoms with van der Waals surface area (Å²) in [6, 6.07) is 4.36. The molecule has 4 N–H and O–H groups in total. The van der Waals surface area contributed by atoms with Gasteiger partial charge in [0.1, 0.15) is 5.82 Å². The molecule has 86 valence electrons. The number of hydrogen-bond donors (Lipinski definition) is 3. The van der Waals surface area contributed by atoms with Crippen LogP contribution < -0.4 is 16.4 Å². The molecule has 0 atom stereocenters. The van der Waals surface area contributed by atoms with Crippen LogP contribution in [0, 0.1) is 5.82 Å². The van der Waals surface area contributed by atoms with Crippen LogP contribution in [-0.4, -0.2) is 18.5 Å². The second-order valence-electron chi connectivity index (χ2n) is 3.93. The van der Waals surface area contributed by atoms with Gasteiger partial charge in [-0.3, -0.25) is 4.79 Å². The van der Waals surface area contributed by atoms with Gasteiger partial charge in [-0.2, -0.15) is 0 Å². The van der Waals surface area contributed by atoms with Gasteiger partial charge in [0.25, 0.3) is 0 Å². The third-order valence-electron chi connectivity index (χ3n) is 2.40. The molecule has 1 aromatic carbocycles. The van der Waals surface area contributed by atoms with Crippen molar-refractivity contribution in [2.75, 3.05) is 17.6 Å². The normalized spacial score (nSPS) is 14.6. The maximum atomic E-state index is 12.9. The molecule has 1 amide bonds. The Hall–Kier alpha value is -1.78. The van der Waals surface area contributed by atoms with Crippen molar-refractivity contribution in [3.05, 3.63) is 24.0 Å². The van der Waals surface area contributed by atoms with E-state index >= 15 is 0 Å². The number of carbonyl (C=O) groups excluding carboxylic acids is 1. The van der Waals surface area contributed by atoms with Crippen molar-refractivity contribution in [3.63, 3.8) is 0 Å². The smallest absolute Gasteiger partial charge is 0.239 e. The van der Waals surface area contributed by atoms with E-state index in [0.29, 0.717) is 17.4 Å². The van der Waals surface area contributed by atoms with Crippen molar-refractivity contribution in [2.45, 2.75) is 18.9 Å². The average Bonchev–Trinajstić information content (AvgIpc) is 3.03.